The van der Waals surface area contributed by atoms with E-state index in [9.17, 15) is 23.1 Å². The average Bonchev–Trinajstić information content (AvgIpc) is 2.47. The van der Waals surface area contributed by atoms with Crippen molar-refractivity contribution in [2.24, 2.45) is 0 Å². The Bertz CT molecular complexity index is 803. The van der Waals surface area contributed by atoms with E-state index in [2.05, 4.69) is 9.97 Å². The lowest BCUT2D eigenvalue weighted by atomic mass is 9.78. The maximum atomic E-state index is 12.6. The number of thioether (sulfide) groups is 1. The predicted molar refractivity (Wildman–Crippen MR) is 83.9 cm³/mol. The van der Waals surface area contributed by atoms with E-state index in [1.807, 2.05) is 0 Å². The van der Waals surface area contributed by atoms with Crippen LogP contribution in [-0.4, -0.2) is 28.7 Å². The van der Waals surface area contributed by atoms with Gasteiger partial charge in [0, 0.05) is 17.1 Å². The highest BCUT2D eigenvalue weighted by Gasteiger charge is 2.34. The monoisotopic (exact) mass is 340 g/mol. The van der Waals surface area contributed by atoms with Crippen molar-refractivity contribution in [1.29, 1.82) is 0 Å². The number of H-pyrrole nitrogens is 1. The summed E-state index contributed by atoms with van der Waals surface area (Å²) in [7, 11) is 1.57. The first kappa shape index (κ1) is 16.1. The van der Waals surface area contributed by atoms with Gasteiger partial charge in [0.1, 0.15) is 5.82 Å². The van der Waals surface area contributed by atoms with Crippen molar-refractivity contribution in [3.05, 3.63) is 51.4 Å². The van der Waals surface area contributed by atoms with Gasteiger partial charge >= 0.3 is 6.18 Å². The molecule has 0 fully saturated rings. The highest BCUT2D eigenvalue weighted by atomic mass is 32.2. The Morgan fingerprint density at radius 2 is 1.96 bits per heavy atom. The minimum atomic E-state index is -4.42. The van der Waals surface area contributed by atoms with Crippen LogP contribution in [0.5, 0.6) is 0 Å². The van der Waals surface area contributed by atoms with Gasteiger partial charge in [-0.25, -0.2) is 4.98 Å². The normalized spacial score (nSPS) is 21.0. The van der Waals surface area contributed by atoms with Crippen molar-refractivity contribution >= 4 is 19.6 Å². The molecule has 1 aliphatic rings. The van der Waals surface area contributed by atoms with E-state index in [0.717, 1.165) is 12.1 Å². The molecule has 0 saturated heterocycles. The summed E-state index contributed by atoms with van der Waals surface area (Å²) in [5.74, 6) is 0.999. The Morgan fingerprint density at radius 1 is 1.30 bits per heavy atom. The first-order valence-corrected chi connectivity index (χ1v) is 7.95. The van der Waals surface area contributed by atoms with E-state index >= 15 is 0 Å². The van der Waals surface area contributed by atoms with Crippen LogP contribution < -0.4 is 5.56 Å². The van der Waals surface area contributed by atoms with Gasteiger partial charge in [-0.05, 0) is 12.1 Å². The zero-order valence-corrected chi connectivity index (χ0v) is 12.9. The van der Waals surface area contributed by atoms with Crippen LogP contribution in [0.1, 0.15) is 16.8 Å². The van der Waals surface area contributed by atoms with Crippen molar-refractivity contribution in [1.82, 2.24) is 9.97 Å². The molecule has 2 heterocycles. The Balaban J connectivity index is 2.08. The van der Waals surface area contributed by atoms with E-state index < -0.39 is 17.2 Å². The zero-order valence-electron chi connectivity index (χ0n) is 12.1. The molecule has 23 heavy (non-hydrogen) atoms. The van der Waals surface area contributed by atoms with Crippen LogP contribution in [0.25, 0.3) is 11.4 Å². The molecule has 4 nitrogen and oxygen atoms in total. The Hall–Kier alpha value is -1.74. The lowest BCUT2D eigenvalue weighted by Gasteiger charge is -2.29. The average molecular weight is 340 g/mol. The van der Waals surface area contributed by atoms with Gasteiger partial charge in [-0.3, -0.25) is 4.79 Å². The summed E-state index contributed by atoms with van der Waals surface area (Å²) in [5.41, 5.74) is -1.35. The summed E-state index contributed by atoms with van der Waals surface area (Å²) in [6, 6.07) is 4.37. The number of halogens is 3. The number of aromatic amines is 1. The van der Waals surface area contributed by atoms with Gasteiger partial charge in [0.2, 0.25) is 0 Å². The molecule has 1 unspecified atom stereocenters. The second-order valence-electron chi connectivity index (χ2n) is 5.58. The van der Waals surface area contributed by atoms with E-state index in [1.165, 1.54) is 23.9 Å². The van der Waals surface area contributed by atoms with Crippen molar-refractivity contribution in [3.8, 4) is 11.4 Å². The fourth-order valence-electron chi connectivity index (χ4n) is 2.45. The predicted octanol–water partition coefficient (Wildman–Crippen LogP) is 1.48. The molecule has 1 aromatic carbocycles. The summed E-state index contributed by atoms with van der Waals surface area (Å²) in [6.07, 6.45) is -4.42. The first-order chi connectivity index (χ1) is 10.7. The number of benzene rings is 1. The van der Waals surface area contributed by atoms with Crippen molar-refractivity contribution < 1.29 is 18.3 Å². The third-order valence-electron chi connectivity index (χ3n) is 3.64. The van der Waals surface area contributed by atoms with Crippen molar-refractivity contribution in [2.45, 2.75) is 17.4 Å². The summed E-state index contributed by atoms with van der Waals surface area (Å²) in [6.45, 7) is 0. The number of fused-ring (bicyclic) bond motifs is 1. The summed E-state index contributed by atoms with van der Waals surface area (Å²) in [5, 5.41) is 10.4. The molecule has 0 amide bonds. The van der Waals surface area contributed by atoms with Crippen LogP contribution >= 0.6 is 11.8 Å². The lowest BCUT2D eigenvalue weighted by molar-refractivity contribution is -0.137. The van der Waals surface area contributed by atoms with Gasteiger partial charge in [-0.2, -0.15) is 24.9 Å². The van der Waals surface area contributed by atoms with Crippen LogP contribution in [0.3, 0.4) is 0 Å². The van der Waals surface area contributed by atoms with Crippen LogP contribution in [0.2, 0.25) is 0 Å². The minimum absolute atomic E-state index is 0.148. The fourth-order valence-corrected chi connectivity index (χ4v) is 3.56. The SMILES string of the molecule is BC1(O)CSCc2c1nc(-c1ccc(C(F)(F)F)cc1)[nH]c2=O. The van der Waals surface area contributed by atoms with Crippen molar-refractivity contribution in [3.63, 3.8) is 0 Å². The molecule has 2 N–H and O–H groups in total. The number of nitrogens with one attached hydrogen (secondary N) is 1. The van der Waals surface area contributed by atoms with Crippen LogP contribution in [0.15, 0.2) is 29.1 Å². The van der Waals surface area contributed by atoms with Gasteiger partial charge in [0.15, 0.2) is 7.85 Å². The molecule has 1 atom stereocenters. The third kappa shape index (κ3) is 3.03. The molecule has 0 bridgehead atoms. The standard InChI is InChI=1S/C14H12BF3N2O2S/c15-13(22)6-23-5-9-10(13)19-11(20-12(9)21)7-1-3-8(4-2-7)14(16,17)18/h1-4,22H,5-6,15H2,(H,19,20,21). The maximum Gasteiger partial charge on any atom is 0.416 e. The van der Waals surface area contributed by atoms with Gasteiger partial charge in [-0.1, -0.05) is 12.1 Å². The van der Waals surface area contributed by atoms with Gasteiger partial charge in [0.05, 0.1) is 22.3 Å². The fraction of sp³-hybridized carbons (Fsp3) is 0.286. The smallest absolute Gasteiger partial charge is 0.392 e. The molecule has 120 valence electrons. The second kappa shape index (κ2) is 5.42. The summed E-state index contributed by atoms with van der Waals surface area (Å²) in [4.78, 5) is 19.0. The van der Waals surface area contributed by atoms with Gasteiger partial charge in [0.25, 0.3) is 5.56 Å². The maximum absolute atomic E-state index is 12.6. The molecule has 1 aliphatic heterocycles. The molecular formula is C14H12BF3N2O2S. The third-order valence-corrected chi connectivity index (χ3v) is 4.90. The molecule has 0 aliphatic carbocycles. The van der Waals surface area contributed by atoms with E-state index in [4.69, 9.17) is 0 Å². The largest absolute Gasteiger partial charge is 0.416 e. The van der Waals surface area contributed by atoms with Crippen molar-refractivity contribution in [2.75, 3.05) is 5.75 Å². The first-order valence-electron chi connectivity index (χ1n) is 6.80. The highest BCUT2D eigenvalue weighted by molar-refractivity contribution is 7.98. The molecule has 3 rings (SSSR count). The number of rotatable bonds is 1. The van der Waals surface area contributed by atoms with E-state index in [-0.39, 0.29) is 17.1 Å². The summed E-state index contributed by atoms with van der Waals surface area (Å²) >= 11 is 1.43. The molecule has 1 aromatic heterocycles. The summed E-state index contributed by atoms with van der Waals surface area (Å²) < 4.78 is 37.8. The Labute approximate surface area is 134 Å². The minimum Gasteiger partial charge on any atom is -0.392 e. The number of alkyl halides is 3. The van der Waals surface area contributed by atoms with E-state index in [1.54, 1.807) is 7.85 Å². The van der Waals surface area contributed by atoms with E-state index in [0.29, 0.717) is 22.6 Å². The van der Waals surface area contributed by atoms with Gasteiger partial charge in [-0.15, -0.1) is 0 Å². The molecular weight excluding hydrogens is 328 g/mol. The Morgan fingerprint density at radius 3 is 2.57 bits per heavy atom. The Kier molecular flexibility index (Phi) is 3.80. The van der Waals surface area contributed by atoms with Crippen LogP contribution in [0.4, 0.5) is 13.2 Å². The zero-order chi connectivity index (χ0) is 16.8. The highest BCUT2D eigenvalue weighted by Crippen LogP contribution is 2.33. The molecule has 2 aromatic rings. The van der Waals surface area contributed by atoms with Gasteiger partial charge < -0.3 is 10.1 Å². The van der Waals surface area contributed by atoms with Crippen LogP contribution in [0, 0.1) is 0 Å². The molecule has 0 spiro atoms. The number of aliphatic hydroxyl groups is 1. The molecule has 0 saturated carbocycles. The topological polar surface area (TPSA) is 66.0 Å². The van der Waals surface area contributed by atoms with Crippen LogP contribution in [-0.2, 0) is 17.4 Å². The lowest BCUT2D eigenvalue weighted by Crippen LogP contribution is -2.38. The number of hydrogen-bond donors (Lipinski definition) is 2. The quantitative estimate of drug-likeness (QED) is 0.772. The molecule has 9 heteroatoms. The number of aromatic nitrogens is 2. The number of hydrogen-bond acceptors (Lipinski definition) is 4. The second-order valence-corrected chi connectivity index (χ2v) is 6.57. The number of nitrogens with zero attached hydrogens (tertiary/aromatic N) is 1. The molecule has 0 radical (unpaired) electrons.